The first kappa shape index (κ1) is 18.1. The number of carbonyl (C=O) groups excluding carboxylic acids is 2. The van der Waals surface area contributed by atoms with Crippen molar-refractivity contribution >= 4 is 11.8 Å². The van der Waals surface area contributed by atoms with Crippen molar-refractivity contribution in [2.24, 2.45) is 0 Å². The van der Waals surface area contributed by atoms with E-state index >= 15 is 0 Å². The van der Waals surface area contributed by atoms with Crippen LogP contribution in [0.15, 0.2) is 54.6 Å². The van der Waals surface area contributed by atoms with Crippen LogP contribution in [-0.2, 0) is 9.53 Å². The van der Waals surface area contributed by atoms with Crippen LogP contribution in [0.3, 0.4) is 0 Å². The standard InChI is InChI=1S/C20H21FN2O3/c1-14(22-19(24)16-9-5-6-10-17(16)21)20(25)23-11-12-26-18(13-23)15-7-3-2-4-8-15/h2-10,14,18H,11-13H2,1H3,(H,22,24)/t14-,18?/m0/s1. The van der Waals surface area contributed by atoms with Gasteiger partial charge in [-0.1, -0.05) is 42.5 Å². The molecule has 2 amide bonds. The van der Waals surface area contributed by atoms with E-state index in [1.54, 1.807) is 17.9 Å². The smallest absolute Gasteiger partial charge is 0.254 e. The van der Waals surface area contributed by atoms with Gasteiger partial charge in [0, 0.05) is 6.54 Å². The molecule has 1 N–H and O–H groups in total. The van der Waals surface area contributed by atoms with Gasteiger partial charge in [-0.3, -0.25) is 9.59 Å². The number of rotatable bonds is 4. The second-order valence-corrected chi connectivity index (χ2v) is 6.23. The zero-order chi connectivity index (χ0) is 18.5. The van der Waals surface area contributed by atoms with Crippen LogP contribution in [0.4, 0.5) is 4.39 Å². The molecule has 6 heteroatoms. The normalized spacial score (nSPS) is 18.2. The Morgan fingerprint density at radius 2 is 1.85 bits per heavy atom. The van der Waals surface area contributed by atoms with Crippen molar-refractivity contribution in [3.63, 3.8) is 0 Å². The Hall–Kier alpha value is -2.73. The Morgan fingerprint density at radius 1 is 1.15 bits per heavy atom. The van der Waals surface area contributed by atoms with Crippen molar-refractivity contribution in [3.8, 4) is 0 Å². The summed E-state index contributed by atoms with van der Waals surface area (Å²) in [5.74, 6) is -1.42. The van der Waals surface area contributed by atoms with Gasteiger partial charge in [-0.25, -0.2) is 4.39 Å². The van der Waals surface area contributed by atoms with E-state index in [4.69, 9.17) is 4.74 Å². The van der Waals surface area contributed by atoms with E-state index in [9.17, 15) is 14.0 Å². The molecular formula is C20H21FN2O3. The Labute approximate surface area is 151 Å². The molecule has 2 atom stereocenters. The second-order valence-electron chi connectivity index (χ2n) is 6.23. The number of hydrogen-bond donors (Lipinski definition) is 1. The Morgan fingerprint density at radius 3 is 2.58 bits per heavy atom. The van der Waals surface area contributed by atoms with Crippen molar-refractivity contribution in [2.45, 2.75) is 19.1 Å². The van der Waals surface area contributed by atoms with Gasteiger partial charge in [-0.15, -0.1) is 0 Å². The van der Waals surface area contributed by atoms with Crippen LogP contribution < -0.4 is 5.32 Å². The SMILES string of the molecule is C[C@H](NC(=O)c1ccccc1F)C(=O)N1CCOC(c2ccccc2)C1. The van der Waals surface area contributed by atoms with E-state index in [1.807, 2.05) is 30.3 Å². The van der Waals surface area contributed by atoms with Gasteiger partial charge in [-0.2, -0.15) is 0 Å². The van der Waals surface area contributed by atoms with Gasteiger partial charge in [-0.05, 0) is 24.6 Å². The lowest BCUT2D eigenvalue weighted by Gasteiger charge is -2.34. The van der Waals surface area contributed by atoms with E-state index in [0.29, 0.717) is 19.7 Å². The maximum Gasteiger partial charge on any atom is 0.254 e. The Kier molecular flexibility index (Phi) is 5.63. The highest BCUT2D eigenvalue weighted by molar-refractivity contribution is 5.97. The van der Waals surface area contributed by atoms with E-state index in [2.05, 4.69) is 5.32 Å². The van der Waals surface area contributed by atoms with Crippen LogP contribution in [0.25, 0.3) is 0 Å². The molecule has 3 rings (SSSR count). The summed E-state index contributed by atoms with van der Waals surface area (Å²) in [6, 6.07) is 14.6. The predicted octanol–water partition coefficient (Wildman–Crippen LogP) is 2.54. The highest BCUT2D eigenvalue weighted by Gasteiger charge is 2.29. The molecule has 1 heterocycles. The van der Waals surface area contributed by atoms with E-state index in [-0.39, 0.29) is 17.6 Å². The van der Waals surface area contributed by atoms with Crippen molar-refractivity contribution in [1.29, 1.82) is 0 Å². The molecule has 1 fully saturated rings. The van der Waals surface area contributed by atoms with Crippen LogP contribution in [-0.4, -0.2) is 42.5 Å². The van der Waals surface area contributed by atoms with Crippen molar-refractivity contribution in [3.05, 3.63) is 71.5 Å². The zero-order valence-electron chi connectivity index (χ0n) is 14.5. The third-order valence-corrected chi connectivity index (χ3v) is 4.39. The minimum atomic E-state index is -0.753. The van der Waals surface area contributed by atoms with Crippen LogP contribution in [0, 0.1) is 5.82 Å². The van der Waals surface area contributed by atoms with Gasteiger partial charge in [0.1, 0.15) is 18.0 Å². The average Bonchev–Trinajstić information content (AvgIpc) is 2.68. The third kappa shape index (κ3) is 4.08. The monoisotopic (exact) mass is 356 g/mol. The number of morpholine rings is 1. The maximum absolute atomic E-state index is 13.7. The number of nitrogens with zero attached hydrogens (tertiary/aromatic N) is 1. The summed E-state index contributed by atoms with van der Waals surface area (Å²) in [6.45, 7) is 2.91. The second kappa shape index (κ2) is 8.10. The summed E-state index contributed by atoms with van der Waals surface area (Å²) in [4.78, 5) is 26.6. The van der Waals surface area contributed by atoms with E-state index in [0.717, 1.165) is 5.56 Å². The lowest BCUT2D eigenvalue weighted by atomic mass is 10.1. The minimum Gasteiger partial charge on any atom is -0.370 e. The van der Waals surface area contributed by atoms with Crippen LogP contribution in [0.2, 0.25) is 0 Å². The molecule has 1 aliphatic rings. The molecule has 2 aromatic rings. The zero-order valence-corrected chi connectivity index (χ0v) is 14.5. The molecule has 2 aromatic carbocycles. The molecular weight excluding hydrogens is 335 g/mol. The predicted molar refractivity (Wildman–Crippen MR) is 95.0 cm³/mol. The van der Waals surface area contributed by atoms with Crippen LogP contribution in [0.5, 0.6) is 0 Å². The number of ether oxygens (including phenoxy) is 1. The molecule has 26 heavy (non-hydrogen) atoms. The lowest BCUT2D eigenvalue weighted by molar-refractivity contribution is -0.140. The van der Waals surface area contributed by atoms with Crippen molar-refractivity contribution in [1.82, 2.24) is 10.2 Å². The van der Waals surface area contributed by atoms with Crippen LogP contribution in [0.1, 0.15) is 28.9 Å². The first-order chi connectivity index (χ1) is 12.6. The fourth-order valence-corrected chi connectivity index (χ4v) is 2.97. The van der Waals surface area contributed by atoms with Crippen LogP contribution >= 0.6 is 0 Å². The Balaban J connectivity index is 1.63. The van der Waals surface area contributed by atoms with E-state index < -0.39 is 17.8 Å². The molecule has 0 bridgehead atoms. The maximum atomic E-state index is 13.7. The highest BCUT2D eigenvalue weighted by atomic mass is 19.1. The fourth-order valence-electron chi connectivity index (χ4n) is 2.97. The molecule has 1 saturated heterocycles. The molecule has 5 nitrogen and oxygen atoms in total. The molecule has 0 radical (unpaired) electrons. The van der Waals surface area contributed by atoms with Crippen molar-refractivity contribution < 1.29 is 18.7 Å². The van der Waals surface area contributed by atoms with Gasteiger partial charge >= 0.3 is 0 Å². The van der Waals surface area contributed by atoms with Gasteiger partial charge in [0.15, 0.2) is 0 Å². The topological polar surface area (TPSA) is 58.6 Å². The molecule has 1 unspecified atom stereocenters. The minimum absolute atomic E-state index is 0.0729. The van der Waals surface area contributed by atoms with Crippen molar-refractivity contribution in [2.75, 3.05) is 19.7 Å². The molecule has 136 valence electrons. The quantitative estimate of drug-likeness (QED) is 0.916. The summed E-state index contributed by atoms with van der Waals surface area (Å²) in [7, 11) is 0. The van der Waals surface area contributed by atoms with Gasteiger partial charge in [0.2, 0.25) is 5.91 Å². The lowest BCUT2D eigenvalue weighted by Crippen LogP contribution is -2.51. The summed E-state index contributed by atoms with van der Waals surface area (Å²) < 4.78 is 19.5. The summed E-state index contributed by atoms with van der Waals surface area (Å²) >= 11 is 0. The summed E-state index contributed by atoms with van der Waals surface area (Å²) in [5, 5.41) is 2.58. The molecule has 0 spiro atoms. The number of amides is 2. The fraction of sp³-hybridized carbons (Fsp3) is 0.300. The summed E-state index contributed by atoms with van der Waals surface area (Å²) in [6.07, 6.45) is -0.191. The Bertz CT molecular complexity index is 782. The average molecular weight is 356 g/mol. The molecule has 1 aliphatic heterocycles. The first-order valence-corrected chi connectivity index (χ1v) is 8.57. The third-order valence-electron chi connectivity index (χ3n) is 4.39. The molecule has 0 aromatic heterocycles. The highest BCUT2D eigenvalue weighted by Crippen LogP contribution is 2.22. The number of nitrogens with one attached hydrogen (secondary N) is 1. The summed E-state index contributed by atoms with van der Waals surface area (Å²) in [5.41, 5.74) is 0.935. The number of hydrogen-bond acceptors (Lipinski definition) is 3. The van der Waals surface area contributed by atoms with Gasteiger partial charge in [0.05, 0.1) is 18.7 Å². The number of benzene rings is 2. The first-order valence-electron chi connectivity index (χ1n) is 8.57. The largest absolute Gasteiger partial charge is 0.370 e. The van der Waals surface area contributed by atoms with Gasteiger partial charge in [0.25, 0.3) is 5.91 Å². The molecule has 0 saturated carbocycles. The number of carbonyl (C=O) groups is 2. The molecule has 0 aliphatic carbocycles. The van der Waals surface area contributed by atoms with Gasteiger partial charge < -0.3 is 15.0 Å². The number of halogens is 1. The van der Waals surface area contributed by atoms with E-state index in [1.165, 1.54) is 18.2 Å².